The van der Waals surface area contributed by atoms with Crippen LogP contribution in [0.5, 0.6) is 0 Å². The standard InChI is InChI=1S/C13H16ClNO2/c14-11-9-10(13(16)3-4-13)1-2-12(11)15-5-7-17-8-6-15/h1-2,9,16H,3-8H2. The Balaban J connectivity index is 1.85. The second-order valence-corrected chi connectivity index (χ2v) is 5.20. The zero-order valence-electron chi connectivity index (χ0n) is 9.66. The Morgan fingerprint density at radius 2 is 1.94 bits per heavy atom. The highest BCUT2D eigenvalue weighted by Crippen LogP contribution is 2.46. The van der Waals surface area contributed by atoms with Crippen LogP contribution in [0.3, 0.4) is 0 Å². The topological polar surface area (TPSA) is 32.7 Å². The van der Waals surface area contributed by atoms with E-state index in [1.165, 1.54) is 0 Å². The molecular formula is C13H16ClNO2. The van der Waals surface area contributed by atoms with Crippen LogP contribution in [0.1, 0.15) is 18.4 Å². The Bertz CT molecular complexity index is 425. The van der Waals surface area contributed by atoms with Gasteiger partial charge in [0.2, 0.25) is 0 Å². The van der Waals surface area contributed by atoms with Crippen molar-refractivity contribution >= 4 is 17.3 Å². The number of hydrogen-bond donors (Lipinski definition) is 1. The average molecular weight is 254 g/mol. The van der Waals surface area contributed by atoms with Crippen LogP contribution in [0.2, 0.25) is 5.02 Å². The highest BCUT2D eigenvalue weighted by molar-refractivity contribution is 6.33. The first-order valence-corrected chi connectivity index (χ1v) is 6.42. The minimum absolute atomic E-state index is 0.604. The van der Waals surface area contributed by atoms with E-state index in [9.17, 15) is 5.11 Å². The second kappa shape index (κ2) is 4.16. The van der Waals surface area contributed by atoms with Gasteiger partial charge in [-0.05, 0) is 30.5 Å². The first-order valence-electron chi connectivity index (χ1n) is 6.04. The van der Waals surface area contributed by atoms with Gasteiger partial charge >= 0.3 is 0 Å². The Hall–Kier alpha value is -0.770. The van der Waals surface area contributed by atoms with Gasteiger partial charge in [-0.3, -0.25) is 0 Å². The van der Waals surface area contributed by atoms with Crippen LogP contribution >= 0.6 is 11.6 Å². The summed E-state index contributed by atoms with van der Waals surface area (Å²) in [5.41, 5.74) is 1.38. The first-order chi connectivity index (χ1) is 8.19. The zero-order chi connectivity index (χ0) is 11.9. The summed E-state index contributed by atoms with van der Waals surface area (Å²) in [6.07, 6.45) is 1.69. The molecule has 1 aliphatic carbocycles. The average Bonchev–Trinajstić information content (AvgIpc) is 3.10. The smallest absolute Gasteiger partial charge is 0.0899 e. The fraction of sp³-hybridized carbons (Fsp3) is 0.538. The van der Waals surface area contributed by atoms with Crippen molar-refractivity contribution in [2.24, 2.45) is 0 Å². The van der Waals surface area contributed by atoms with Crippen molar-refractivity contribution in [1.29, 1.82) is 0 Å². The molecule has 0 spiro atoms. The minimum atomic E-state index is -0.604. The molecule has 1 aromatic carbocycles. The van der Waals surface area contributed by atoms with Crippen LogP contribution in [-0.4, -0.2) is 31.4 Å². The summed E-state index contributed by atoms with van der Waals surface area (Å²) < 4.78 is 5.32. The number of benzene rings is 1. The molecule has 0 aromatic heterocycles. The molecule has 1 N–H and O–H groups in total. The van der Waals surface area contributed by atoms with Crippen molar-refractivity contribution in [2.45, 2.75) is 18.4 Å². The van der Waals surface area contributed by atoms with Crippen molar-refractivity contribution in [3.05, 3.63) is 28.8 Å². The summed E-state index contributed by atoms with van der Waals surface area (Å²) in [5.74, 6) is 0. The Morgan fingerprint density at radius 1 is 1.24 bits per heavy atom. The molecule has 92 valence electrons. The molecule has 1 aliphatic heterocycles. The Morgan fingerprint density at radius 3 is 2.53 bits per heavy atom. The Labute approximate surface area is 106 Å². The van der Waals surface area contributed by atoms with Crippen LogP contribution in [-0.2, 0) is 10.3 Å². The third-order valence-corrected chi connectivity index (χ3v) is 3.86. The molecule has 0 bridgehead atoms. The fourth-order valence-electron chi connectivity index (χ4n) is 2.26. The van der Waals surface area contributed by atoms with Gasteiger partial charge < -0.3 is 14.7 Å². The van der Waals surface area contributed by atoms with Crippen LogP contribution in [0, 0.1) is 0 Å². The summed E-state index contributed by atoms with van der Waals surface area (Å²) >= 11 is 6.30. The van der Waals surface area contributed by atoms with E-state index >= 15 is 0 Å². The van der Waals surface area contributed by atoms with Crippen molar-refractivity contribution in [3.63, 3.8) is 0 Å². The third kappa shape index (κ3) is 2.15. The van der Waals surface area contributed by atoms with Gasteiger partial charge in [0.15, 0.2) is 0 Å². The molecule has 17 heavy (non-hydrogen) atoms. The maximum Gasteiger partial charge on any atom is 0.0899 e. The molecule has 1 saturated heterocycles. The second-order valence-electron chi connectivity index (χ2n) is 4.80. The van der Waals surface area contributed by atoms with Gasteiger partial charge in [-0.2, -0.15) is 0 Å². The monoisotopic (exact) mass is 253 g/mol. The van der Waals surface area contributed by atoms with Crippen molar-refractivity contribution in [2.75, 3.05) is 31.2 Å². The SMILES string of the molecule is OC1(c2ccc(N3CCOCC3)c(Cl)c2)CC1. The van der Waals surface area contributed by atoms with E-state index in [1.54, 1.807) is 0 Å². The van der Waals surface area contributed by atoms with Crippen LogP contribution in [0.15, 0.2) is 18.2 Å². The van der Waals surface area contributed by atoms with Gasteiger partial charge in [0, 0.05) is 13.1 Å². The largest absolute Gasteiger partial charge is 0.385 e. The summed E-state index contributed by atoms with van der Waals surface area (Å²) in [6, 6.07) is 5.91. The van der Waals surface area contributed by atoms with Crippen molar-refractivity contribution in [1.82, 2.24) is 0 Å². The number of rotatable bonds is 2. The molecule has 3 nitrogen and oxygen atoms in total. The number of ether oxygens (including phenoxy) is 1. The lowest BCUT2D eigenvalue weighted by atomic mass is 10.1. The lowest BCUT2D eigenvalue weighted by Crippen LogP contribution is -2.36. The molecule has 0 amide bonds. The molecule has 1 saturated carbocycles. The van der Waals surface area contributed by atoms with E-state index in [0.29, 0.717) is 0 Å². The highest BCUT2D eigenvalue weighted by Gasteiger charge is 2.42. The van der Waals surface area contributed by atoms with E-state index < -0.39 is 5.60 Å². The normalized spacial score (nSPS) is 22.6. The summed E-state index contributed by atoms with van der Waals surface area (Å²) in [7, 11) is 0. The van der Waals surface area contributed by atoms with Gasteiger partial charge in [-0.1, -0.05) is 17.7 Å². The zero-order valence-corrected chi connectivity index (χ0v) is 10.4. The first kappa shape index (κ1) is 11.3. The summed E-state index contributed by atoms with van der Waals surface area (Å²) in [5, 5.41) is 10.8. The highest BCUT2D eigenvalue weighted by atomic mass is 35.5. The van der Waals surface area contributed by atoms with Crippen LogP contribution < -0.4 is 4.90 Å². The summed E-state index contributed by atoms with van der Waals surface area (Å²) in [4.78, 5) is 2.23. The van der Waals surface area contributed by atoms with E-state index in [1.807, 2.05) is 18.2 Å². The van der Waals surface area contributed by atoms with Crippen LogP contribution in [0.4, 0.5) is 5.69 Å². The van der Waals surface area contributed by atoms with Gasteiger partial charge in [0.05, 0.1) is 29.5 Å². The predicted octanol–water partition coefficient (Wildman–Crippen LogP) is 2.16. The number of anilines is 1. The molecule has 0 atom stereocenters. The number of nitrogens with zero attached hydrogens (tertiary/aromatic N) is 1. The quantitative estimate of drug-likeness (QED) is 0.877. The van der Waals surface area contributed by atoms with Gasteiger partial charge in [0.25, 0.3) is 0 Å². The molecule has 2 fully saturated rings. The van der Waals surface area contributed by atoms with Crippen molar-refractivity contribution < 1.29 is 9.84 Å². The molecule has 4 heteroatoms. The number of hydrogen-bond acceptors (Lipinski definition) is 3. The Kier molecular flexibility index (Phi) is 2.77. The molecule has 3 rings (SSSR count). The van der Waals surface area contributed by atoms with Gasteiger partial charge in [0.1, 0.15) is 0 Å². The van der Waals surface area contributed by atoms with E-state index in [-0.39, 0.29) is 0 Å². The maximum absolute atomic E-state index is 10.0. The predicted molar refractivity (Wildman–Crippen MR) is 67.6 cm³/mol. The maximum atomic E-state index is 10.0. The lowest BCUT2D eigenvalue weighted by Gasteiger charge is -2.30. The number of halogens is 1. The molecule has 1 aromatic rings. The van der Waals surface area contributed by atoms with Crippen LogP contribution in [0.25, 0.3) is 0 Å². The minimum Gasteiger partial charge on any atom is -0.385 e. The lowest BCUT2D eigenvalue weighted by molar-refractivity contribution is 0.122. The molecular weight excluding hydrogens is 238 g/mol. The third-order valence-electron chi connectivity index (χ3n) is 3.56. The van der Waals surface area contributed by atoms with E-state index in [2.05, 4.69) is 4.90 Å². The van der Waals surface area contributed by atoms with Crippen molar-refractivity contribution in [3.8, 4) is 0 Å². The van der Waals surface area contributed by atoms with E-state index in [0.717, 1.165) is 55.4 Å². The number of aliphatic hydroxyl groups is 1. The molecule has 1 heterocycles. The summed E-state index contributed by atoms with van der Waals surface area (Å²) in [6.45, 7) is 3.26. The van der Waals surface area contributed by atoms with Gasteiger partial charge in [-0.15, -0.1) is 0 Å². The van der Waals surface area contributed by atoms with E-state index in [4.69, 9.17) is 16.3 Å². The molecule has 0 unspecified atom stereocenters. The van der Waals surface area contributed by atoms with Gasteiger partial charge in [-0.25, -0.2) is 0 Å². The fourth-order valence-corrected chi connectivity index (χ4v) is 2.56. The molecule has 2 aliphatic rings. The number of morpholine rings is 1. The molecule has 0 radical (unpaired) electrons.